The Bertz CT molecular complexity index is 608. The van der Waals surface area contributed by atoms with Crippen LogP contribution in [0.5, 0.6) is 0 Å². The Hall–Kier alpha value is -1.93. The van der Waals surface area contributed by atoms with E-state index >= 15 is 0 Å². The number of carbonyl (C=O) groups is 3. The van der Waals surface area contributed by atoms with Crippen molar-refractivity contribution in [3.8, 4) is 0 Å². The van der Waals surface area contributed by atoms with E-state index in [4.69, 9.17) is 9.84 Å². The topological polar surface area (TPSA) is 116 Å². The standard InChI is InChI=1S/C22H36N2O6/c1-2-3-6-10-21(26)24(29)15-20(25)23-14-17-16(18-12-13-19(17)30-18)9-7-4-5-8-11-22(27)28/h4,7,16-19,29H,2-3,5-6,8-15H2,1H3,(H,23,25)(H,27,28)/t16-,17+,18-,19+/m0/s1. The van der Waals surface area contributed by atoms with Gasteiger partial charge in [0.15, 0.2) is 0 Å². The van der Waals surface area contributed by atoms with Crippen molar-refractivity contribution in [3.05, 3.63) is 12.2 Å². The lowest BCUT2D eigenvalue weighted by Gasteiger charge is -2.27. The quantitative estimate of drug-likeness (QED) is 0.171. The number of aliphatic carboxylic acids is 1. The third-order valence-corrected chi connectivity index (χ3v) is 6.04. The highest BCUT2D eigenvalue weighted by Crippen LogP contribution is 2.44. The Labute approximate surface area is 178 Å². The Morgan fingerprint density at radius 3 is 2.50 bits per heavy atom. The zero-order valence-electron chi connectivity index (χ0n) is 17.9. The molecule has 2 rings (SSSR count). The van der Waals surface area contributed by atoms with Crippen LogP contribution in [0, 0.1) is 11.8 Å². The number of nitrogens with one attached hydrogen (secondary N) is 1. The molecular formula is C22H36N2O6. The highest BCUT2D eigenvalue weighted by Gasteiger charge is 2.48. The highest BCUT2D eigenvalue weighted by molar-refractivity contribution is 5.83. The van der Waals surface area contributed by atoms with E-state index in [0.29, 0.717) is 30.4 Å². The maximum Gasteiger partial charge on any atom is 0.303 e. The first-order valence-electron chi connectivity index (χ1n) is 11.2. The summed E-state index contributed by atoms with van der Waals surface area (Å²) in [5.74, 6) is -1.03. The third-order valence-electron chi connectivity index (χ3n) is 6.04. The Kier molecular flexibility index (Phi) is 10.3. The van der Waals surface area contributed by atoms with Gasteiger partial charge in [0, 0.05) is 25.3 Å². The maximum atomic E-state index is 12.2. The normalized spacial score (nSPS) is 25.0. The fourth-order valence-corrected chi connectivity index (χ4v) is 4.39. The summed E-state index contributed by atoms with van der Waals surface area (Å²) in [5.41, 5.74) is 0. The number of hydrogen-bond donors (Lipinski definition) is 3. The van der Waals surface area contributed by atoms with Crippen molar-refractivity contribution >= 4 is 17.8 Å². The summed E-state index contributed by atoms with van der Waals surface area (Å²) in [4.78, 5) is 34.6. The number of carboxylic acid groups (broad SMARTS) is 1. The number of hydrogen-bond acceptors (Lipinski definition) is 5. The summed E-state index contributed by atoms with van der Waals surface area (Å²) in [7, 11) is 0. The lowest BCUT2D eigenvalue weighted by Crippen LogP contribution is -2.43. The molecule has 0 unspecified atom stereocenters. The molecule has 0 aromatic rings. The van der Waals surface area contributed by atoms with Crippen molar-refractivity contribution in [2.24, 2.45) is 11.8 Å². The second-order valence-electron chi connectivity index (χ2n) is 8.32. The van der Waals surface area contributed by atoms with E-state index in [1.54, 1.807) is 0 Å². The molecule has 3 N–H and O–H groups in total. The average molecular weight is 425 g/mol. The number of ether oxygens (including phenoxy) is 1. The molecule has 2 bridgehead atoms. The van der Waals surface area contributed by atoms with Gasteiger partial charge in [-0.3, -0.25) is 19.6 Å². The Morgan fingerprint density at radius 2 is 1.80 bits per heavy atom. The number of nitrogens with zero attached hydrogens (tertiary/aromatic N) is 1. The number of fused-ring (bicyclic) bond motifs is 2. The van der Waals surface area contributed by atoms with Crippen LogP contribution >= 0.6 is 0 Å². The van der Waals surface area contributed by atoms with Gasteiger partial charge in [0.1, 0.15) is 6.54 Å². The van der Waals surface area contributed by atoms with Gasteiger partial charge in [-0.15, -0.1) is 0 Å². The lowest BCUT2D eigenvalue weighted by atomic mass is 9.77. The van der Waals surface area contributed by atoms with Crippen molar-refractivity contribution in [3.63, 3.8) is 0 Å². The monoisotopic (exact) mass is 424 g/mol. The molecule has 0 aliphatic carbocycles. The number of rotatable bonds is 14. The molecule has 8 heteroatoms. The van der Waals surface area contributed by atoms with Gasteiger partial charge in [-0.1, -0.05) is 31.9 Å². The zero-order valence-corrected chi connectivity index (χ0v) is 17.9. The van der Waals surface area contributed by atoms with Crippen LogP contribution in [0.3, 0.4) is 0 Å². The SMILES string of the molecule is CCCCCC(=O)N(O)CC(=O)NC[C@@H]1[C@H](CC=CCCCC(=O)O)[C@@H]2CC[C@H]1O2. The molecule has 2 fully saturated rings. The zero-order chi connectivity index (χ0) is 21.9. The van der Waals surface area contributed by atoms with Gasteiger partial charge >= 0.3 is 5.97 Å². The molecule has 0 radical (unpaired) electrons. The van der Waals surface area contributed by atoms with E-state index in [1.807, 2.05) is 13.0 Å². The van der Waals surface area contributed by atoms with Crippen molar-refractivity contribution < 1.29 is 29.4 Å². The number of allylic oxidation sites excluding steroid dienone is 2. The summed E-state index contributed by atoms with van der Waals surface area (Å²) in [6.07, 6.45) is 11.8. The second kappa shape index (κ2) is 12.7. The Morgan fingerprint density at radius 1 is 1.07 bits per heavy atom. The van der Waals surface area contributed by atoms with Crippen molar-refractivity contribution in [1.82, 2.24) is 10.4 Å². The molecule has 2 aliphatic rings. The molecule has 2 aliphatic heterocycles. The van der Waals surface area contributed by atoms with Crippen LogP contribution in [-0.2, 0) is 19.1 Å². The molecule has 2 heterocycles. The van der Waals surface area contributed by atoms with Crippen molar-refractivity contribution in [2.75, 3.05) is 13.1 Å². The number of unbranched alkanes of at least 4 members (excludes halogenated alkanes) is 3. The molecule has 30 heavy (non-hydrogen) atoms. The van der Waals surface area contributed by atoms with Crippen LogP contribution in [0.15, 0.2) is 12.2 Å². The summed E-state index contributed by atoms with van der Waals surface area (Å²) in [5, 5.41) is 21.9. The van der Waals surface area contributed by atoms with Crippen LogP contribution in [-0.4, -0.2) is 58.5 Å². The summed E-state index contributed by atoms with van der Waals surface area (Å²) in [6.45, 7) is 2.16. The fourth-order valence-electron chi connectivity index (χ4n) is 4.39. The van der Waals surface area contributed by atoms with Gasteiger partial charge in [-0.25, -0.2) is 5.06 Å². The molecule has 0 aromatic heterocycles. The first kappa shape index (κ1) is 24.3. The van der Waals surface area contributed by atoms with Crippen LogP contribution < -0.4 is 5.32 Å². The number of carboxylic acids is 1. The average Bonchev–Trinajstić information content (AvgIpc) is 3.30. The molecule has 2 saturated heterocycles. The summed E-state index contributed by atoms with van der Waals surface area (Å²) >= 11 is 0. The lowest BCUT2D eigenvalue weighted by molar-refractivity contribution is -0.169. The maximum absolute atomic E-state index is 12.2. The van der Waals surface area contributed by atoms with Crippen LogP contribution in [0.4, 0.5) is 0 Å². The van der Waals surface area contributed by atoms with Crippen molar-refractivity contribution in [1.29, 1.82) is 0 Å². The molecule has 0 saturated carbocycles. The molecule has 4 atom stereocenters. The van der Waals surface area contributed by atoms with Crippen LogP contribution in [0.2, 0.25) is 0 Å². The van der Waals surface area contributed by atoms with Gasteiger partial charge in [0.2, 0.25) is 11.8 Å². The van der Waals surface area contributed by atoms with Gasteiger partial charge in [0.05, 0.1) is 12.2 Å². The van der Waals surface area contributed by atoms with Crippen LogP contribution in [0.1, 0.15) is 71.1 Å². The first-order valence-corrected chi connectivity index (χ1v) is 11.2. The highest BCUT2D eigenvalue weighted by atomic mass is 16.5. The molecule has 2 amide bonds. The molecule has 0 aromatic carbocycles. The smallest absolute Gasteiger partial charge is 0.303 e. The first-order chi connectivity index (χ1) is 14.4. The minimum Gasteiger partial charge on any atom is -0.481 e. The van der Waals surface area contributed by atoms with E-state index in [-0.39, 0.29) is 43.4 Å². The summed E-state index contributed by atoms with van der Waals surface area (Å²) < 4.78 is 6.04. The molecule has 8 nitrogen and oxygen atoms in total. The second-order valence-corrected chi connectivity index (χ2v) is 8.32. The molecule has 170 valence electrons. The van der Waals surface area contributed by atoms with Gasteiger partial charge in [-0.2, -0.15) is 0 Å². The Balaban J connectivity index is 1.73. The van der Waals surface area contributed by atoms with Crippen LogP contribution in [0.25, 0.3) is 0 Å². The fraction of sp³-hybridized carbons (Fsp3) is 0.773. The summed E-state index contributed by atoms with van der Waals surface area (Å²) in [6, 6.07) is 0. The number of hydroxylamine groups is 2. The van der Waals surface area contributed by atoms with Gasteiger partial charge in [0.25, 0.3) is 0 Å². The number of carbonyl (C=O) groups excluding carboxylic acids is 2. The predicted molar refractivity (Wildman–Crippen MR) is 111 cm³/mol. The van der Waals surface area contributed by atoms with Crippen molar-refractivity contribution in [2.45, 2.75) is 83.3 Å². The van der Waals surface area contributed by atoms with E-state index in [2.05, 4.69) is 11.4 Å². The minimum atomic E-state index is -0.773. The number of amides is 2. The predicted octanol–water partition coefficient (Wildman–Crippen LogP) is 2.90. The van der Waals surface area contributed by atoms with E-state index in [0.717, 1.165) is 38.5 Å². The van der Waals surface area contributed by atoms with E-state index in [9.17, 15) is 19.6 Å². The van der Waals surface area contributed by atoms with Gasteiger partial charge < -0.3 is 15.2 Å². The molecular weight excluding hydrogens is 388 g/mol. The largest absolute Gasteiger partial charge is 0.481 e. The van der Waals surface area contributed by atoms with Gasteiger partial charge in [-0.05, 0) is 44.4 Å². The third kappa shape index (κ3) is 7.72. The van der Waals surface area contributed by atoms with E-state index < -0.39 is 11.9 Å². The van der Waals surface area contributed by atoms with E-state index in [1.165, 1.54) is 0 Å². The minimum absolute atomic E-state index is 0.140. The molecule has 0 spiro atoms.